The van der Waals surface area contributed by atoms with Gasteiger partial charge in [0.2, 0.25) is 10.0 Å². The molecule has 1 fully saturated rings. The van der Waals surface area contributed by atoms with E-state index in [-0.39, 0.29) is 11.4 Å². The fourth-order valence-corrected chi connectivity index (χ4v) is 3.67. The molecule has 0 aliphatic carbocycles. The molecule has 0 radical (unpaired) electrons. The number of urea groups is 1. The van der Waals surface area contributed by atoms with Gasteiger partial charge in [0.1, 0.15) is 0 Å². The predicted molar refractivity (Wildman–Crippen MR) is 105 cm³/mol. The zero-order valence-electron chi connectivity index (χ0n) is 16.1. The molecule has 2 amide bonds. The molecule has 1 aromatic carbocycles. The molecule has 1 saturated heterocycles. The highest BCUT2D eigenvalue weighted by molar-refractivity contribution is 7.88. The minimum absolute atomic E-state index is 0.0852. The molecule has 1 aromatic rings. The molecule has 2 rings (SSSR count). The van der Waals surface area contributed by atoms with Crippen LogP contribution in [0.15, 0.2) is 24.3 Å². The number of carbonyl (C=O) groups excluding carboxylic acids is 1. The fraction of sp³-hybridized carbons (Fsp3) is 0.611. The van der Waals surface area contributed by atoms with E-state index in [0.717, 1.165) is 5.69 Å². The number of piperazine rings is 1. The number of sulfonamides is 1. The lowest BCUT2D eigenvalue weighted by molar-refractivity contribution is 0.189. The van der Waals surface area contributed by atoms with Crippen LogP contribution in [0.25, 0.3) is 0 Å². The van der Waals surface area contributed by atoms with E-state index in [1.807, 2.05) is 24.3 Å². The van der Waals surface area contributed by atoms with Gasteiger partial charge in [0.25, 0.3) is 0 Å². The lowest BCUT2D eigenvalue weighted by Gasteiger charge is -2.33. The van der Waals surface area contributed by atoms with Crippen molar-refractivity contribution in [2.75, 3.05) is 50.8 Å². The summed E-state index contributed by atoms with van der Waals surface area (Å²) in [5.41, 5.74) is 2.07. The molecule has 7 nitrogen and oxygen atoms in total. The Bertz CT molecular complexity index is 703. The van der Waals surface area contributed by atoms with E-state index in [9.17, 15) is 13.2 Å². The predicted octanol–water partition coefficient (Wildman–Crippen LogP) is 1.68. The topological polar surface area (TPSA) is 81.8 Å². The standard InChI is InChI=1S/C18H30N4O3S/c1-18(2,3)15-5-7-16(8-6-15)20-17(23)19-9-10-21-11-13-22(14-12-21)26(4,24)25/h5-8H,9-14H2,1-4H3,(H2,19,20,23). The molecular formula is C18H30N4O3S. The highest BCUT2D eigenvalue weighted by Crippen LogP contribution is 2.23. The first-order chi connectivity index (χ1) is 12.1. The highest BCUT2D eigenvalue weighted by atomic mass is 32.2. The van der Waals surface area contributed by atoms with Gasteiger partial charge in [0.15, 0.2) is 0 Å². The van der Waals surface area contributed by atoms with Crippen LogP contribution in [0.2, 0.25) is 0 Å². The Balaban J connectivity index is 1.70. The van der Waals surface area contributed by atoms with E-state index >= 15 is 0 Å². The van der Waals surface area contributed by atoms with E-state index < -0.39 is 10.0 Å². The Morgan fingerprint density at radius 3 is 2.15 bits per heavy atom. The van der Waals surface area contributed by atoms with Crippen LogP contribution in [0.5, 0.6) is 0 Å². The molecule has 0 bridgehead atoms. The molecule has 0 unspecified atom stereocenters. The SMILES string of the molecule is CC(C)(C)c1ccc(NC(=O)NCCN2CCN(S(C)(=O)=O)CC2)cc1. The van der Waals surface area contributed by atoms with Crippen molar-refractivity contribution in [2.45, 2.75) is 26.2 Å². The van der Waals surface area contributed by atoms with Gasteiger partial charge in [0.05, 0.1) is 6.26 Å². The van der Waals surface area contributed by atoms with Gasteiger partial charge in [-0.3, -0.25) is 4.90 Å². The number of hydrogen-bond acceptors (Lipinski definition) is 4. The third-order valence-corrected chi connectivity index (χ3v) is 5.83. The second-order valence-electron chi connectivity index (χ2n) is 7.71. The van der Waals surface area contributed by atoms with E-state index in [1.54, 1.807) is 0 Å². The third kappa shape index (κ3) is 6.26. The summed E-state index contributed by atoms with van der Waals surface area (Å²) in [6.45, 7) is 10.1. The Morgan fingerprint density at radius 2 is 1.65 bits per heavy atom. The van der Waals surface area contributed by atoms with Gasteiger partial charge >= 0.3 is 6.03 Å². The van der Waals surface area contributed by atoms with E-state index in [2.05, 4.69) is 36.3 Å². The maximum Gasteiger partial charge on any atom is 0.319 e. The Hall–Kier alpha value is -1.64. The molecule has 1 aliphatic heterocycles. The Kier molecular flexibility index (Phi) is 6.65. The van der Waals surface area contributed by atoms with E-state index in [0.29, 0.717) is 39.3 Å². The molecular weight excluding hydrogens is 352 g/mol. The Morgan fingerprint density at radius 1 is 1.08 bits per heavy atom. The van der Waals surface area contributed by atoms with Crippen molar-refractivity contribution in [1.82, 2.24) is 14.5 Å². The molecule has 146 valence electrons. The van der Waals surface area contributed by atoms with Crippen LogP contribution >= 0.6 is 0 Å². The number of nitrogens with one attached hydrogen (secondary N) is 2. The van der Waals surface area contributed by atoms with Gasteiger partial charge in [-0.25, -0.2) is 13.2 Å². The van der Waals surface area contributed by atoms with Crippen molar-refractivity contribution in [2.24, 2.45) is 0 Å². The van der Waals surface area contributed by atoms with E-state index in [4.69, 9.17) is 0 Å². The molecule has 8 heteroatoms. The molecule has 0 spiro atoms. The average molecular weight is 383 g/mol. The number of benzene rings is 1. The van der Waals surface area contributed by atoms with Crippen LogP contribution in [0.1, 0.15) is 26.3 Å². The van der Waals surface area contributed by atoms with Crippen LogP contribution in [0, 0.1) is 0 Å². The smallest absolute Gasteiger partial charge is 0.319 e. The van der Waals surface area contributed by atoms with Gasteiger partial charge in [-0.05, 0) is 23.1 Å². The average Bonchev–Trinajstić information content (AvgIpc) is 2.54. The number of carbonyl (C=O) groups is 1. The number of anilines is 1. The van der Waals surface area contributed by atoms with Crippen molar-refractivity contribution < 1.29 is 13.2 Å². The summed E-state index contributed by atoms with van der Waals surface area (Å²) >= 11 is 0. The van der Waals surface area contributed by atoms with Gasteiger partial charge in [-0.1, -0.05) is 32.9 Å². The number of amides is 2. The first kappa shape index (κ1) is 20.7. The summed E-state index contributed by atoms with van der Waals surface area (Å²) in [6.07, 6.45) is 1.24. The summed E-state index contributed by atoms with van der Waals surface area (Å²) in [7, 11) is -3.10. The van der Waals surface area contributed by atoms with Gasteiger partial charge in [-0.2, -0.15) is 4.31 Å². The molecule has 0 atom stereocenters. The lowest BCUT2D eigenvalue weighted by atomic mass is 9.87. The number of rotatable bonds is 5. The number of nitrogens with zero attached hydrogens (tertiary/aromatic N) is 2. The second-order valence-corrected chi connectivity index (χ2v) is 9.69. The summed E-state index contributed by atoms with van der Waals surface area (Å²) in [4.78, 5) is 14.1. The number of hydrogen-bond donors (Lipinski definition) is 2. The first-order valence-electron chi connectivity index (χ1n) is 8.88. The highest BCUT2D eigenvalue weighted by Gasteiger charge is 2.22. The van der Waals surface area contributed by atoms with Crippen LogP contribution < -0.4 is 10.6 Å². The summed E-state index contributed by atoms with van der Waals surface area (Å²) in [5.74, 6) is 0. The summed E-state index contributed by atoms with van der Waals surface area (Å²) in [6, 6.07) is 7.63. The third-order valence-electron chi connectivity index (χ3n) is 4.52. The normalized spacial score (nSPS) is 17.1. The van der Waals surface area contributed by atoms with Crippen molar-refractivity contribution in [3.05, 3.63) is 29.8 Å². The summed E-state index contributed by atoms with van der Waals surface area (Å²) < 4.78 is 24.5. The van der Waals surface area contributed by atoms with Gasteiger partial charge in [-0.15, -0.1) is 0 Å². The fourth-order valence-electron chi connectivity index (χ4n) is 2.84. The largest absolute Gasteiger partial charge is 0.337 e. The van der Waals surface area contributed by atoms with Crippen molar-refractivity contribution >= 4 is 21.7 Å². The minimum atomic E-state index is -3.10. The van der Waals surface area contributed by atoms with Crippen molar-refractivity contribution in [1.29, 1.82) is 0 Å². The van der Waals surface area contributed by atoms with E-state index in [1.165, 1.54) is 16.1 Å². The van der Waals surface area contributed by atoms with Crippen LogP contribution in [-0.4, -0.2) is 69.2 Å². The molecule has 26 heavy (non-hydrogen) atoms. The molecule has 0 aromatic heterocycles. The first-order valence-corrected chi connectivity index (χ1v) is 10.7. The molecule has 1 aliphatic rings. The van der Waals surface area contributed by atoms with Crippen LogP contribution in [0.3, 0.4) is 0 Å². The van der Waals surface area contributed by atoms with Crippen LogP contribution in [-0.2, 0) is 15.4 Å². The minimum Gasteiger partial charge on any atom is -0.337 e. The monoisotopic (exact) mass is 382 g/mol. The lowest BCUT2D eigenvalue weighted by Crippen LogP contribution is -2.50. The summed E-state index contributed by atoms with van der Waals surface area (Å²) in [5, 5.41) is 5.67. The second kappa shape index (κ2) is 8.37. The quantitative estimate of drug-likeness (QED) is 0.812. The zero-order chi connectivity index (χ0) is 19.4. The maximum absolute atomic E-state index is 12.0. The zero-order valence-corrected chi connectivity index (χ0v) is 16.9. The van der Waals surface area contributed by atoms with Crippen LogP contribution in [0.4, 0.5) is 10.5 Å². The maximum atomic E-state index is 12.0. The Labute approximate surface area is 156 Å². The van der Waals surface area contributed by atoms with Crippen molar-refractivity contribution in [3.63, 3.8) is 0 Å². The van der Waals surface area contributed by atoms with Gasteiger partial charge in [0, 0.05) is 45.0 Å². The molecule has 0 saturated carbocycles. The van der Waals surface area contributed by atoms with Crippen molar-refractivity contribution in [3.8, 4) is 0 Å². The molecule has 2 N–H and O–H groups in total. The van der Waals surface area contributed by atoms with Gasteiger partial charge < -0.3 is 10.6 Å². The molecule has 1 heterocycles.